The first kappa shape index (κ1) is 19.0. The highest BCUT2D eigenvalue weighted by atomic mass is 32.2. The number of carbonyl (C=O) groups is 2. The van der Waals surface area contributed by atoms with Crippen molar-refractivity contribution in [3.05, 3.63) is 59.5 Å². The van der Waals surface area contributed by atoms with E-state index in [9.17, 15) is 18.0 Å². The van der Waals surface area contributed by atoms with Gasteiger partial charge in [-0.3, -0.25) is 4.79 Å². The van der Waals surface area contributed by atoms with Crippen molar-refractivity contribution < 1.29 is 22.7 Å². The number of hydrogen-bond donors (Lipinski definition) is 2. The monoisotopic (exact) mass is 404 g/mol. The van der Waals surface area contributed by atoms with E-state index in [1.807, 2.05) is 24.3 Å². The summed E-state index contributed by atoms with van der Waals surface area (Å²) in [4.78, 5) is 24.8. The number of primary sulfonamides is 1. The number of esters is 1. The van der Waals surface area contributed by atoms with Crippen molar-refractivity contribution >= 4 is 49.0 Å². The zero-order chi connectivity index (χ0) is 19.6. The molecule has 0 aliphatic rings. The number of ether oxygens (including phenoxy) is 1. The molecule has 9 heteroatoms. The van der Waals surface area contributed by atoms with Crippen LogP contribution in [0.5, 0.6) is 0 Å². The second kappa shape index (κ2) is 7.47. The summed E-state index contributed by atoms with van der Waals surface area (Å²) in [5.41, 5.74) is 0.358. The Labute approximate surface area is 159 Å². The first-order valence-electron chi connectivity index (χ1n) is 7.87. The fourth-order valence-corrected chi connectivity index (χ4v) is 3.79. The molecule has 0 aliphatic carbocycles. The van der Waals surface area contributed by atoms with Crippen LogP contribution in [-0.2, 0) is 19.6 Å². The highest BCUT2D eigenvalue weighted by molar-refractivity contribution is 7.89. The minimum Gasteiger partial charge on any atom is -0.448 e. The minimum atomic E-state index is -3.80. The van der Waals surface area contributed by atoms with Gasteiger partial charge in [-0.25, -0.2) is 18.4 Å². The van der Waals surface area contributed by atoms with Crippen LogP contribution >= 0.6 is 11.3 Å². The molecule has 0 saturated carbocycles. The molecular weight excluding hydrogens is 388 g/mol. The Kier molecular flexibility index (Phi) is 5.26. The number of nitrogens with two attached hydrogens (primary N) is 1. The normalized spacial score (nSPS) is 12.5. The largest absolute Gasteiger partial charge is 0.448 e. The molecule has 0 unspecified atom stereocenters. The van der Waals surface area contributed by atoms with E-state index in [1.54, 1.807) is 6.07 Å². The summed E-state index contributed by atoms with van der Waals surface area (Å²) in [6.45, 7) is 1.46. The fourth-order valence-electron chi connectivity index (χ4n) is 2.33. The van der Waals surface area contributed by atoms with Crippen molar-refractivity contribution in [1.82, 2.24) is 0 Å². The van der Waals surface area contributed by atoms with Gasteiger partial charge in [0.1, 0.15) is 4.88 Å². The van der Waals surface area contributed by atoms with Crippen LogP contribution in [0.1, 0.15) is 16.6 Å². The van der Waals surface area contributed by atoms with Crippen molar-refractivity contribution in [2.45, 2.75) is 17.9 Å². The smallest absolute Gasteiger partial charge is 0.349 e. The fraction of sp³-hybridized carbons (Fsp3) is 0.111. The molecule has 0 saturated heterocycles. The van der Waals surface area contributed by atoms with Gasteiger partial charge in [0.05, 0.1) is 4.90 Å². The van der Waals surface area contributed by atoms with Gasteiger partial charge in [0.2, 0.25) is 10.0 Å². The molecule has 1 aromatic heterocycles. The molecule has 0 bridgehead atoms. The Hall–Kier alpha value is -2.75. The Morgan fingerprint density at radius 2 is 1.78 bits per heavy atom. The molecule has 0 spiro atoms. The molecule has 3 aromatic rings. The van der Waals surface area contributed by atoms with Crippen LogP contribution in [0, 0.1) is 0 Å². The van der Waals surface area contributed by atoms with E-state index in [2.05, 4.69) is 5.32 Å². The van der Waals surface area contributed by atoms with E-state index in [0.29, 0.717) is 10.6 Å². The summed E-state index contributed by atoms with van der Waals surface area (Å²) < 4.78 is 28.6. The average Bonchev–Trinajstić information content (AvgIpc) is 3.05. The molecule has 0 aliphatic heterocycles. The molecule has 140 valence electrons. The number of rotatable bonds is 5. The Morgan fingerprint density at radius 1 is 1.11 bits per heavy atom. The van der Waals surface area contributed by atoms with Crippen LogP contribution in [-0.4, -0.2) is 26.4 Å². The molecular formula is C18H16N2O5S2. The van der Waals surface area contributed by atoms with Crippen molar-refractivity contribution in [2.75, 3.05) is 5.32 Å². The van der Waals surface area contributed by atoms with Crippen LogP contribution in [0.3, 0.4) is 0 Å². The molecule has 1 amide bonds. The maximum absolute atomic E-state index is 12.3. The lowest BCUT2D eigenvalue weighted by atomic mass is 10.2. The summed E-state index contributed by atoms with van der Waals surface area (Å²) in [5.74, 6) is -1.11. The van der Waals surface area contributed by atoms with Crippen LogP contribution in [0.15, 0.2) is 59.5 Å². The highest BCUT2D eigenvalue weighted by Gasteiger charge is 2.20. The third-order valence-corrected chi connectivity index (χ3v) is 5.76. The van der Waals surface area contributed by atoms with Gasteiger partial charge in [0.25, 0.3) is 5.91 Å². The molecule has 0 radical (unpaired) electrons. The summed E-state index contributed by atoms with van der Waals surface area (Å²) in [6, 6.07) is 14.6. The number of nitrogens with one attached hydrogen (secondary N) is 1. The molecule has 1 heterocycles. The van der Waals surface area contributed by atoms with Crippen molar-refractivity contribution in [3.63, 3.8) is 0 Å². The number of benzene rings is 2. The predicted octanol–water partition coefficient (Wildman–Crippen LogP) is 2.73. The van der Waals surface area contributed by atoms with Gasteiger partial charge in [-0.15, -0.1) is 11.3 Å². The summed E-state index contributed by atoms with van der Waals surface area (Å²) in [5, 5.41) is 8.51. The van der Waals surface area contributed by atoms with Crippen LogP contribution < -0.4 is 10.5 Å². The zero-order valence-electron chi connectivity index (χ0n) is 14.2. The summed E-state index contributed by atoms with van der Waals surface area (Å²) in [6.07, 6.45) is -1.03. The van der Waals surface area contributed by atoms with Gasteiger partial charge in [-0.1, -0.05) is 18.2 Å². The lowest BCUT2D eigenvalue weighted by molar-refractivity contribution is -0.123. The summed E-state index contributed by atoms with van der Waals surface area (Å²) >= 11 is 1.29. The van der Waals surface area contributed by atoms with Crippen molar-refractivity contribution in [2.24, 2.45) is 5.14 Å². The van der Waals surface area contributed by atoms with Crippen LogP contribution in [0.4, 0.5) is 5.69 Å². The van der Waals surface area contributed by atoms with Crippen molar-refractivity contribution in [1.29, 1.82) is 0 Å². The van der Waals surface area contributed by atoms with Gasteiger partial charge in [-0.2, -0.15) is 0 Å². The number of amides is 1. The predicted molar refractivity (Wildman–Crippen MR) is 103 cm³/mol. The molecule has 1 atom stereocenters. The number of anilines is 1. The van der Waals surface area contributed by atoms with E-state index in [-0.39, 0.29) is 4.90 Å². The number of sulfonamides is 1. The quantitative estimate of drug-likeness (QED) is 0.635. The Balaban J connectivity index is 1.64. The number of hydrogen-bond acceptors (Lipinski definition) is 6. The van der Waals surface area contributed by atoms with E-state index in [1.165, 1.54) is 42.5 Å². The van der Waals surface area contributed by atoms with E-state index >= 15 is 0 Å². The highest BCUT2D eigenvalue weighted by Crippen LogP contribution is 2.26. The standard InChI is InChI=1S/C18H16N2O5S2/c1-11(17(21)20-13-6-8-14(9-7-13)27(19,23)24)25-18(22)16-10-12-4-2-3-5-15(12)26-16/h2-11H,1H3,(H,20,21)(H2,19,23,24)/t11-/m0/s1. The average molecular weight is 404 g/mol. The molecule has 0 fully saturated rings. The van der Waals surface area contributed by atoms with E-state index < -0.39 is 28.0 Å². The van der Waals surface area contributed by atoms with Crippen molar-refractivity contribution in [3.8, 4) is 0 Å². The van der Waals surface area contributed by atoms with E-state index in [4.69, 9.17) is 9.88 Å². The van der Waals surface area contributed by atoms with Gasteiger partial charge >= 0.3 is 5.97 Å². The van der Waals surface area contributed by atoms with Gasteiger partial charge in [0.15, 0.2) is 6.10 Å². The molecule has 3 N–H and O–H groups in total. The second-order valence-electron chi connectivity index (χ2n) is 5.75. The molecule has 7 nitrogen and oxygen atoms in total. The van der Waals surface area contributed by atoms with Crippen LogP contribution in [0.2, 0.25) is 0 Å². The maximum Gasteiger partial charge on any atom is 0.349 e. The first-order valence-corrected chi connectivity index (χ1v) is 10.2. The first-order chi connectivity index (χ1) is 12.7. The number of fused-ring (bicyclic) bond motifs is 1. The second-order valence-corrected chi connectivity index (χ2v) is 8.40. The molecule has 27 heavy (non-hydrogen) atoms. The lowest BCUT2D eigenvalue weighted by Crippen LogP contribution is -2.29. The lowest BCUT2D eigenvalue weighted by Gasteiger charge is -2.13. The van der Waals surface area contributed by atoms with Gasteiger partial charge in [-0.05, 0) is 48.7 Å². The SMILES string of the molecule is C[C@H](OC(=O)c1cc2ccccc2s1)C(=O)Nc1ccc(S(N)(=O)=O)cc1. The van der Waals surface area contributed by atoms with Gasteiger partial charge < -0.3 is 10.1 Å². The maximum atomic E-state index is 12.3. The van der Waals surface area contributed by atoms with Gasteiger partial charge in [0, 0.05) is 10.4 Å². The third kappa shape index (κ3) is 4.51. The number of carbonyl (C=O) groups excluding carboxylic acids is 2. The van der Waals surface area contributed by atoms with Crippen LogP contribution in [0.25, 0.3) is 10.1 Å². The minimum absolute atomic E-state index is 0.0651. The Bertz CT molecular complexity index is 1070. The molecule has 2 aromatic carbocycles. The van der Waals surface area contributed by atoms with E-state index in [0.717, 1.165) is 10.1 Å². The topological polar surface area (TPSA) is 116 Å². The zero-order valence-corrected chi connectivity index (χ0v) is 15.8. The summed E-state index contributed by atoms with van der Waals surface area (Å²) in [7, 11) is -3.80. The Morgan fingerprint density at radius 3 is 2.41 bits per heavy atom. The molecule has 3 rings (SSSR count). The number of thiophene rings is 1. The third-order valence-electron chi connectivity index (χ3n) is 3.73.